The van der Waals surface area contributed by atoms with Crippen molar-refractivity contribution in [3.05, 3.63) is 59.3 Å². The lowest BCUT2D eigenvalue weighted by molar-refractivity contribution is 0.0991. The second kappa shape index (κ2) is 4.07. The number of aryl methyl sites for hydroxylation is 2. The molecular formula is C18H15NO. The van der Waals surface area contributed by atoms with Crippen molar-refractivity contribution in [3.63, 3.8) is 0 Å². The van der Waals surface area contributed by atoms with E-state index in [0.29, 0.717) is 6.42 Å². The Bertz CT molecular complexity index is 827. The van der Waals surface area contributed by atoms with E-state index >= 15 is 0 Å². The second-order valence-corrected chi connectivity index (χ2v) is 5.48. The Morgan fingerprint density at radius 1 is 1.00 bits per heavy atom. The summed E-state index contributed by atoms with van der Waals surface area (Å²) in [6, 6.07) is 14.8. The van der Waals surface area contributed by atoms with Gasteiger partial charge in [0.1, 0.15) is 0 Å². The zero-order valence-electron chi connectivity index (χ0n) is 11.4. The maximum atomic E-state index is 11.9. The first-order chi connectivity index (χ1) is 9.74. The molecule has 1 aliphatic rings. The summed E-state index contributed by atoms with van der Waals surface area (Å²) in [6.07, 6.45) is 1.51. The van der Waals surface area contributed by atoms with Crippen LogP contribution in [0.3, 0.4) is 0 Å². The van der Waals surface area contributed by atoms with E-state index < -0.39 is 0 Å². The summed E-state index contributed by atoms with van der Waals surface area (Å²) in [6.45, 7) is 2.10. The number of hydrogen-bond donors (Lipinski definition) is 1. The highest BCUT2D eigenvalue weighted by Gasteiger charge is 2.24. The first-order valence-electron chi connectivity index (χ1n) is 6.98. The van der Waals surface area contributed by atoms with Crippen LogP contribution in [0.1, 0.15) is 28.0 Å². The Morgan fingerprint density at radius 3 is 2.60 bits per heavy atom. The van der Waals surface area contributed by atoms with Crippen LogP contribution < -0.4 is 0 Å². The van der Waals surface area contributed by atoms with Crippen LogP contribution in [0, 0.1) is 6.92 Å². The molecule has 2 nitrogen and oxygen atoms in total. The predicted octanol–water partition coefficient (Wildman–Crippen LogP) is 4.27. The third kappa shape index (κ3) is 1.54. The Morgan fingerprint density at radius 2 is 1.80 bits per heavy atom. The molecule has 2 aromatic carbocycles. The van der Waals surface area contributed by atoms with E-state index in [0.717, 1.165) is 17.6 Å². The van der Waals surface area contributed by atoms with Crippen molar-refractivity contribution in [1.29, 1.82) is 0 Å². The number of carbonyl (C=O) groups is 1. The lowest BCUT2D eigenvalue weighted by Crippen LogP contribution is -1.91. The first kappa shape index (κ1) is 11.5. The Hall–Kier alpha value is -2.35. The molecular weight excluding hydrogens is 246 g/mol. The van der Waals surface area contributed by atoms with Crippen molar-refractivity contribution in [1.82, 2.24) is 4.98 Å². The van der Waals surface area contributed by atoms with Gasteiger partial charge in [0, 0.05) is 17.3 Å². The molecule has 0 radical (unpaired) electrons. The first-order valence-corrected chi connectivity index (χ1v) is 6.98. The van der Waals surface area contributed by atoms with Gasteiger partial charge in [-0.15, -0.1) is 0 Å². The number of hydrogen-bond acceptors (Lipinski definition) is 1. The zero-order chi connectivity index (χ0) is 13.7. The largest absolute Gasteiger partial charge is 0.352 e. The monoisotopic (exact) mass is 261 g/mol. The molecule has 98 valence electrons. The van der Waals surface area contributed by atoms with Crippen LogP contribution in [0.15, 0.2) is 42.5 Å². The molecule has 0 fully saturated rings. The number of fused-ring (bicyclic) bond motifs is 3. The van der Waals surface area contributed by atoms with E-state index in [1.54, 1.807) is 0 Å². The number of aromatic amines is 1. The van der Waals surface area contributed by atoms with Gasteiger partial charge in [-0.05, 0) is 47.7 Å². The highest BCUT2D eigenvalue weighted by Crippen LogP contribution is 2.34. The van der Waals surface area contributed by atoms with Crippen LogP contribution in [-0.4, -0.2) is 10.8 Å². The van der Waals surface area contributed by atoms with Gasteiger partial charge in [-0.3, -0.25) is 4.79 Å². The smallest absolute Gasteiger partial charge is 0.179 e. The van der Waals surface area contributed by atoms with Crippen LogP contribution in [0.5, 0.6) is 0 Å². The molecule has 0 amide bonds. The Balaban J connectivity index is 2.01. The quantitative estimate of drug-likeness (QED) is 0.697. The van der Waals surface area contributed by atoms with E-state index in [-0.39, 0.29) is 5.78 Å². The molecule has 0 saturated heterocycles. The van der Waals surface area contributed by atoms with Crippen molar-refractivity contribution in [2.24, 2.45) is 0 Å². The molecule has 1 heterocycles. The van der Waals surface area contributed by atoms with Crippen molar-refractivity contribution in [2.45, 2.75) is 19.8 Å². The van der Waals surface area contributed by atoms with Crippen LogP contribution in [0.2, 0.25) is 0 Å². The van der Waals surface area contributed by atoms with E-state index in [2.05, 4.69) is 48.3 Å². The predicted molar refractivity (Wildman–Crippen MR) is 81.1 cm³/mol. The zero-order valence-corrected chi connectivity index (χ0v) is 11.4. The standard InChI is InChI=1S/C18H15NO/c1-11-9-13(12-5-3-2-4-6-12)10-15-14-7-8-16(20)18(14)19-17(11)15/h2-6,9-10,19H,7-8H2,1H3. The molecule has 1 aliphatic carbocycles. The van der Waals surface area contributed by atoms with Gasteiger partial charge in [-0.2, -0.15) is 0 Å². The summed E-state index contributed by atoms with van der Waals surface area (Å²) in [5.74, 6) is 0.247. The fraction of sp³-hybridized carbons (Fsp3) is 0.167. The summed E-state index contributed by atoms with van der Waals surface area (Å²) in [4.78, 5) is 15.2. The Kier molecular flexibility index (Phi) is 2.34. The van der Waals surface area contributed by atoms with Crippen LogP contribution >= 0.6 is 0 Å². The molecule has 0 bridgehead atoms. The van der Waals surface area contributed by atoms with Crippen molar-refractivity contribution < 1.29 is 4.79 Å². The average Bonchev–Trinajstić information content (AvgIpc) is 3.01. The fourth-order valence-corrected chi connectivity index (χ4v) is 3.18. The summed E-state index contributed by atoms with van der Waals surface area (Å²) in [5, 5.41) is 1.21. The molecule has 4 rings (SSSR count). The summed E-state index contributed by atoms with van der Waals surface area (Å²) in [5.41, 5.74) is 6.78. The molecule has 3 aromatic rings. The molecule has 0 atom stereocenters. The molecule has 0 saturated carbocycles. The molecule has 1 N–H and O–H groups in total. The van der Waals surface area contributed by atoms with Gasteiger partial charge < -0.3 is 4.98 Å². The Labute approximate surface area is 117 Å². The van der Waals surface area contributed by atoms with E-state index in [9.17, 15) is 4.79 Å². The maximum Gasteiger partial charge on any atom is 0.179 e. The van der Waals surface area contributed by atoms with Crippen LogP contribution in [0.4, 0.5) is 0 Å². The number of nitrogens with one attached hydrogen (secondary N) is 1. The van der Waals surface area contributed by atoms with Crippen LogP contribution in [0.25, 0.3) is 22.0 Å². The molecule has 0 aliphatic heterocycles. The molecule has 20 heavy (non-hydrogen) atoms. The lowest BCUT2D eigenvalue weighted by Gasteiger charge is -2.05. The number of ketones is 1. The minimum Gasteiger partial charge on any atom is -0.352 e. The molecule has 0 unspecified atom stereocenters. The number of Topliss-reactive ketones (excluding diaryl/α,β-unsaturated/α-hetero) is 1. The van der Waals surface area contributed by atoms with Crippen molar-refractivity contribution in [2.75, 3.05) is 0 Å². The molecule has 1 aromatic heterocycles. The maximum absolute atomic E-state index is 11.9. The summed E-state index contributed by atoms with van der Waals surface area (Å²) in [7, 11) is 0. The van der Waals surface area contributed by atoms with Crippen molar-refractivity contribution in [3.8, 4) is 11.1 Å². The van der Waals surface area contributed by atoms with E-state index in [1.807, 2.05) is 6.07 Å². The van der Waals surface area contributed by atoms with Gasteiger partial charge in [0.25, 0.3) is 0 Å². The summed E-state index contributed by atoms with van der Waals surface area (Å²) >= 11 is 0. The van der Waals surface area contributed by atoms with Gasteiger partial charge in [0.15, 0.2) is 5.78 Å². The number of carbonyl (C=O) groups excluding carboxylic acids is 1. The topological polar surface area (TPSA) is 32.9 Å². The van der Waals surface area contributed by atoms with E-state index in [4.69, 9.17) is 0 Å². The second-order valence-electron chi connectivity index (χ2n) is 5.48. The molecule has 0 spiro atoms. The lowest BCUT2D eigenvalue weighted by atomic mass is 9.99. The normalized spacial score (nSPS) is 13.9. The SMILES string of the molecule is Cc1cc(-c2ccccc2)cc2c3c([nH]c12)C(=O)CC3. The minimum atomic E-state index is 0.247. The summed E-state index contributed by atoms with van der Waals surface area (Å²) < 4.78 is 0. The average molecular weight is 261 g/mol. The minimum absolute atomic E-state index is 0.247. The van der Waals surface area contributed by atoms with Crippen molar-refractivity contribution >= 4 is 16.7 Å². The van der Waals surface area contributed by atoms with Gasteiger partial charge >= 0.3 is 0 Å². The third-order valence-corrected chi connectivity index (χ3v) is 4.20. The number of H-pyrrole nitrogens is 1. The van der Waals surface area contributed by atoms with Gasteiger partial charge in [0.05, 0.1) is 5.69 Å². The van der Waals surface area contributed by atoms with E-state index in [1.165, 1.54) is 27.6 Å². The van der Waals surface area contributed by atoms with Gasteiger partial charge in [0.2, 0.25) is 0 Å². The van der Waals surface area contributed by atoms with Gasteiger partial charge in [-0.25, -0.2) is 0 Å². The number of benzene rings is 2. The fourth-order valence-electron chi connectivity index (χ4n) is 3.18. The number of rotatable bonds is 1. The third-order valence-electron chi connectivity index (χ3n) is 4.20. The number of aromatic nitrogens is 1. The molecule has 2 heteroatoms. The van der Waals surface area contributed by atoms with Crippen LogP contribution in [-0.2, 0) is 6.42 Å². The van der Waals surface area contributed by atoms with Gasteiger partial charge in [-0.1, -0.05) is 30.3 Å². The highest BCUT2D eigenvalue weighted by molar-refractivity contribution is 6.06. The highest BCUT2D eigenvalue weighted by atomic mass is 16.1.